The second kappa shape index (κ2) is 7.93. The molecule has 0 aromatic carbocycles. The molecule has 0 radical (unpaired) electrons. The molecule has 1 N–H and O–H groups in total. The molecule has 19 heavy (non-hydrogen) atoms. The van der Waals surface area contributed by atoms with Crippen LogP contribution in [-0.4, -0.2) is 46.5 Å². The van der Waals surface area contributed by atoms with Gasteiger partial charge in [0, 0.05) is 16.6 Å². The molecule has 6 nitrogen and oxygen atoms in total. The zero-order chi connectivity index (χ0) is 15.1. The molecule has 0 aromatic rings. The number of carbonyl (C=O) groups is 2. The molecule has 0 fully saturated rings. The number of esters is 1. The summed E-state index contributed by atoms with van der Waals surface area (Å²) in [5.41, 5.74) is -0.676. The van der Waals surface area contributed by atoms with Crippen molar-refractivity contribution < 1.29 is 23.3 Å². The van der Waals surface area contributed by atoms with E-state index in [2.05, 4.69) is 16.6 Å². The lowest BCUT2D eigenvalue weighted by Crippen LogP contribution is -2.47. The molecule has 2 atom stereocenters. The maximum atomic E-state index is 11.6. The number of ether oxygens (including phenoxy) is 2. The third-order valence-corrected chi connectivity index (χ3v) is 3.15. The quantitative estimate of drug-likeness (QED) is 0.583. The molecule has 0 aliphatic carbocycles. The van der Waals surface area contributed by atoms with Gasteiger partial charge in [0.25, 0.3) is 0 Å². The first kappa shape index (κ1) is 17.6. The third kappa shape index (κ3) is 8.36. The molecule has 0 saturated carbocycles. The van der Waals surface area contributed by atoms with Gasteiger partial charge in [-0.3, -0.25) is 4.21 Å². The van der Waals surface area contributed by atoms with Gasteiger partial charge in [0.15, 0.2) is 0 Å². The first-order valence-electron chi connectivity index (χ1n) is 5.72. The molecular formula is C12H21NO5S. The van der Waals surface area contributed by atoms with Crippen molar-refractivity contribution in [3.8, 4) is 0 Å². The summed E-state index contributed by atoms with van der Waals surface area (Å²) in [4.78, 5) is 23.1. The Kier molecular flexibility index (Phi) is 7.36. The lowest BCUT2D eigenvalue weighted by atomic mass is 10.2. The lowest BCUT2D eigenvalue weighted by Gasteiger charge is -2.22. The standard InChI is InChI=1S/C12H21NO5S/c1-6-7-19(16)8-9(10(14)17-5)13-11(15)18-12(2,3)4/h6,9H,1,7-8H2,2-5H3,(H,13,15)/t9-,19+/m0/s1. The van der Waals surface area contributed by atoms with Crippen molar-refractivity contribution >= 4 is 22.9 Å². The topological polar surface area (TPSA) is 81.7 Å². The molecule has 7 heteroatoms. The largest absolute Gasteiger partial charge is 0.467 e. The Morgan fingerprint density at radius 1 is 1.42 bits per heavy atom. The minimum Gasteiger partial charge on any atom is -0.467 e. The van der Waals surface area contributed by atoms with Crippen LogP contribution in [0, 0.1) is 0 Å². The number of hydrogen-bond donors (Lipinski definition) is 1. The van der Waals surface area contributed by atoms with Crippen LogP contribution in [0.5, 0.6) is 0 Å². The number of alkyl carbamates (subject to hydrolysis) is 1. The van der Waals surface area contributed by atoms with E-state index in [1.54, 1.807) is 20.8 Å². The van der Waals surface area contributed by atoms with Gasteiger partial charge in [0.2, 0.25) is 0 Å². The predicted molar refractivity (Wildman–Crippen MR) is 73.2 cm³/mol. The van der Waals surface area contributed by atoms with E-state index in [1.807, 2.05) is 0 Å². The van der Waals surface area contributed by atoms with Gasteiger partial charge in [0.1, 0.15) is 11.6 Å². The van der Waals surface area contributed by atoms with Crippen LogP contribution in [0.3, 0.4) is 0 Å². The number of rotatable bonds is 6. The van der Waals surface area contributed by atoms with Gasteiger partial charge in [0.05, 0.1) is 12.9 Å². The molecule has 110 valence electrons. The van der Waals surface area contributed by atoms with Crippen LogP contribution in [0.1, 0.15) is 20.8 Å². The van der Waals surface area contributed by atoms with E-state index in [0.29, 0.717) is 0 Å². The summed E-state index contributed by atoms with van der Waals surface area (Å²) in [6, 6.07) is -0.999. The molecule has 0 aromatic heterocycles. The van der Waals surface area contributed by atoms with Crippen molar-refractivity contribution in [1.29, 1.82) is 0 Å². The fourth-order valence-electron chi connectivity index (χ4n) is 1.15. The third-order valence-electron chi connectivity index (χ3n) is 1.83. The minimum atomic E-state index is -1.30. The molecule has 0 rings (SSSR count). The van der Waals surface area contributed by atoms with Crippen LogP contribution >= 0.6 is 0 Å². The molecule has 0 aliphatic heterocycles. The Balaban J connectivity index is 4.60. The van der Waals surface area contributed by atoms with Gasteiger partial charge in [-0.05, 0) is 20.8 Å². The second-order valence-corrected chi connectivity index (χ2v) is 6.33. The van der Waals surface area contributed by atoms with E-state index >= 15 is 0 Å². The zero-order valence-electron chi connectivity index (χ0n) is 11.7. The van der Waals surface area contributed by atoms with Crippen molar-refractivity contribution in [3.05, 3.63) is 12.7 Å². The first-order chi connectivity index (χ1) is 8.69. The summed E-state index contributed by atoms with van der Waals surface area (Å²) in [6.45, 7) is 8.57. The molecular weight excluding hydrogens is 270 g/mol. The Morgan fingerprint density at radius 2 is 2.00 bits per heavy atom. The molecule has 0 bridgehead atoms. The molecule has 0 aliphatic rings. The van der Waals surface area contributed by atoms with E-state index in [0.717, 1.165) is 0 Å². The van der Waals surface area contributed by atoms with Gasteiger partial charge in [-0.25, -0.2) is 9.59 Å². The monoisotopic (exact) mass is 291 g/mol. The maximum absolute atomic E-state index is 11.6. The number of carbonyl (C=O) groups excluding carboxylic acids is 2. The van der Waals surface area contributed by atoms with Crippen molar-refractivity contribution in [2.45, 2.75) is 32.4 Å². The number of nitrogens with one attached hydrogen (secondary N) is 1. The molecule has 0 spiro atoms. The summed E-state index contributed by atoms with van der Waals surface area (Å²) in [7, 11) is -0.104. The molecule has 0 heterocycles. The highest BCUT2D eigenvalue weighted by Gasteiger charge is 2.26. The van der Waals surface area contributed by atoms with Gasteiger partial charge in [-0.1, -0.05) is 6.08 Å². The first-order valence-corrected chi connectivity index (χ1v) is 7.21. The van der Waals surface area contributed by atoms with Crippen LogP contribution in [0.15, 0.2) is 12.7 Å². The van der Waals surface area contributed by atoms with Crippen molar-refractivity contribution in [1.82, 2.24) is 5.32 Å². The highest BCUT2D eigenvalue weighted by Crippen LogP contribution is 2.07. The van der Waals surface area contributed by atoms with Crippen LogP contribution < -0.4 is 5.32 Å². The van der Waals surface area contributed by atoms with Crippen LogP contribution in [0.25, 0.3) is 0 Å². The lowest BCUT2D eigenvalue weighted by molar-refractivity contribution is -0.142. The van der Waals surface area contributed by atoms with Gasteiger partial charge in [-0.2, -0.15) is 0 Å². The smallest absolute Gasteiger partial charge is 0.408 e. The zero-order valence-corrected chi connectivity index (χ0v) is 12.5. The molecule has 0 unspecified atom stereocenters. The second-order valence-electron chi connectivity index (χ2n) is 4.78. The van der Waals surface area contributed by atoms with E-state index < -0.39 is 34.5 Å². The highest BCUT2D eigenvalue weighted by molar-refractivity contribution is 7.85. The summed E-state index contributed by atoms with van der Waals surface area (Å²) >= 11 is 0. The fraction of sp³-hybridized carbons (Fsp3) is 0.667. The van der Waals surface area contributed by atoms with Crippen molar-refractivity contribution in [2.75, 3.05) is 18.6 Å². The minimum absolute atomic E-state index is 0.0437. The summed E-state index contributed by atoms with van der Waals surface area (Å²) in [5, 5.41) is 2.35. The Hall–Kier alpha value is -1.37. The highest BCUT2D eigenvalue weighted by atomic mass is 32.2. The normalized spacial score (nSPS) is 14.1. The average Bonchev–Trinajstić information content (AvgIpc) is 2.24. The van der Waals surface area contributed by atoms with E-state index in [4.69, 9.17) is 4.74 Å². The average molecular weight is 291 g/mol. The van der Waals surface area contributed by atoms with Crippen molar-refractivity contribution in [2.24, 2.45) is 0 Å². The van der Waals surface area contributed by atoms with E-state index in [1.165, 1.54) is 13.2 Å². The number of methoxy groups -OCH3 is 1. The predicted octanol–water partition coefficient (Wildman–Crippen LogP) is 0.987. The SMILES string of the molecule is C=CC[S@@](=O)C[C@H](NC(=O)OC(C)(C)C)C(=O)OC. The summed E-state index contributed by atoms with van der Waals surface area (Å²) < 4.78 is 21.2. The van der Waals surface area contributed by atoms with E-state index in [-0.39, 0.29) is 11.5 Å². The molecule has 0 saturated heterocycles. The van der Waals surface area contributed by atoms with Gasteiger partial charge >= 0.3 is 12.1 Å². The summed E-state index contributed by atoms with van der Waals surface area (Å²) in [6.07, 6.45) is 0.733. The summed E-state index contributed by atoms with van der Waals surface area (Å²) in [5.74, 6) is -0.468. The maximum Gasteiger partial charge on any atom is 0.408 e. The van der Waals surface area contributed by atoms with Gasteiger partial charge < -0.3 is 14.8 Å². The van der Waals surface area contributed by atoms with Crippen LogP contribution in [-0.2, 0) is 25.1 Å². The fourth-order valence-corrected chi connectivity index (χ4v) is 2.14. The Bertz CT molecular complexity index is 362. The van der Waals surface area contributed by atoms with Crippen LogP contribution in [0.4, 0.5) is 4.79 Å². The Morgan fingerprint density at radius 3 is 2.42 bits per heavy atom. The van der Waals surface area contributed by atoms with Gasteiger partial charge in [-0.15, -0.1) is 6.58 Å². The number of hydrogen-bond acceptors (Lipinski definition) is 5. The molecule has 1 amide bonds. The van der Waals surface area contributed by atoms with Crippen LogP contribution in [0.2, 0.25) is 0 Å². The van der Waals surface area contributed by atoms with E-state index in [9.17, 15) is 13.8 Å². The number of amides is 1. The van der Waals surface area contributed by atoms with Crippen molar-refractivity contribution in [3.63, 3.8) is 0 Å². The Labute approximate surface area is 116 Å².